The minimum atomic E-state index is -0.362. The Morgan fingerprint density at radius 3 is 2.90 bits per heavy atom. The highest BCUT2D eigenvalue weighted by Crippen LogP contribution is 2.34. The summed E-state index contributed by atoms with van der Waals surface area (Å²) in [5, 5.41) is 15.4. The first-order valence-electron chi connectivity index (χ1n) is 7.41. The van der Waals surface area contributed by atoms with Gasteiger partial charge >= 0.3 is 5.69 Å². The van der Waals surface area contributed by atoms with Crippen LogP contribution in [0.2, 0.25) is 0 Å². The third kappa shape index (κ3) is 2.82. The van der Waals surface area contributed by atoms with E-state index in [1.54, 1.807) is 0 Å². The van der Waals surface area contributed by atoms with Crippen LogP contribution < -0.4 is 5.32 Å². The molecule has 2 unspecified atom stereocenters. The van der Waals surface area contributed by atoms with E-state index in [9.17, 15) is 10.1 Å². The lowest BCUT2D eigenvalue weighted by atomic mass is 10.1. The molecule has 1 aromatic carbocycles. The second-order valence-corrected chi connectivity index (χ2v) is 5.96. The SMILES string of the molecule is CC1CCC(CNc2c([N+](=O)[O-])cnc3ccccc23)C1. The molecule has 2 atom stereocenters. The Morgan fingerprint density at radius 1 is 1.38 bits per heavy atom. The minimum absolute atomic E-state index is 0.0553. The number of hydrogen-bond acceptors (Lipinski definition) is 4. The van der Waals surface area contributed by atoms with E-state index in [0.717, 1.165) is 23.4 Å². The van der Waals surface area contributed by atoms with Gasteiger partial charge in [-0.15, -0.1) is 0 Å². The molecule has 1 aliphatic carbocycles. The zero-order chi connectivity index (χ0) is 14.8. The fourth-order valence-corrected chi connectivity index (χ4v) is 3.21. The number of rotatable bonds is 4. The van der Waals surface area contributed by atoms with Gasteiger partial charge in [0.15, 0.2) is 0 Å². The Bertz CT molecular complexity index is 672. The van der Waals surface area contributed by atoms with Gasteiger partial charge in [0.1, 0.15) is 11.9 Å². The van der Waals surface area contributed by atoms with E-state index in [1.807, 2.05) is 24.3 Å². The summed E-state index contributed by atoms with van der Waals surface area (Å²) in [5.74, 6) is 1.37. The summed E-state index contributed by atoms with van der Waals surface area (Å²) in [4.78, 5) is 15.1. The van der Waals surface area contributed by atoms with Crippen molar-refractivity contribution in [2.24, 2.45) is 11.8 Å². The number of anilines is 1. The third-order valence-electron chi connectivity index (χ3n) is 4.32. The highest BCUT2D eigenvalue weighted by molar-refractivity contribution is 5.95. The fourth-order valence-electron chi connectivity index (χ4n) is 3.21. The molecular weight excluding hydrogens is 266 g/mol. The largest absolute Gasteiger partial charge is 0.379 e. The first kappa shape index (κ1) is 13.8. The Balaban J connectivity index is 1.91. The number of aromatic nitrogens is 1. The first-order chi connectivity index (χ1) is 10.1. The highest BCUT2D eigenvalue weighted by atomic mass is 16.6. The molecule has 0 amide bonds. The standard InChI is InChI=1S/C16H19N3O2/c1-11-6-7-12(8-11)9-18-16-13-4-2-3-5-14(13)17-10-15(16)19(20)21/h2-5,10-12H,6-9H2,1H3,(H,17,18). The molecule has 5 nitrogen and oxygen atoms in total. The van der Waals surface area contributed by atoms with E-state index in [0.29, 0.717) is 11.6 Å². The van der Waals surface area contributed by atoms with Crippen molar-refractivity contribution >= 4 is 22.3 Å². The Labute approximate surface area is 123 Å². The van der Waals surface area contributed by atoms with Gasteiger partial charge in [-0.3, -0.25) is 10.1 Å². The van der Waals surface area contributed by atoms with Gasteiger partial charge in [0, 0.05) is 11.9 Å². The third-order valence-corrected chi connectivity index (χ3v) is 4.32. The monoisotopic (exact) mass is 285 g/mol. The zero-order valence-electron chi connectivity index (χ0n) is 12.1. The number of fused-ring (bicyclic) bond motifs is 1. The van der Waals surface area contributed by atoms with Crippen molar-refractivity contribution in [3.8, 4) is 0 Å². The Morgan fingerprint density at radius 2 is 2.19 bits per heavy atom. The summed E-state index contributed by atoms with van der Waals surface area (Å²) in [6.07, 6.45) is 5.00. The molecule has 0 bridgehead atoms. The van der Waals surface area contributed by atoms with Crippen molar-refractivity contribution in [3.05, 3.63) is 40.6 Å². The number of nitrogens with one attached hydrogen (secondary N) is 1. The number of hydrogen-bond donors (Lipinski definition) is 1. The Hall–Kier alpha value is -2.17. The van der Waals surface area contributed by atoms with Gasteiger partial charge in [-0.2, -0.15) is 0 Å². The smallest absolute Gasteiger partial charge is 0.311 e. The maximum absolute atomic E-state index is 11.2. The van der Waals surface area contributed by atoms with Crippen LogP contribution in [0.5, 0.6) is 0 Å². The normalized spacial score (nSPS) is 21.6. The van der Waals surface area contributed by atoms with Crippen LogP contribution in [0.4, 0.5) is 11.4 Å². The molecule has 3 rings (SSSR count). The molecule has 0 aliphatic heterocycles. The maximum atomic E-state index is 11.2. The van der Waals surface area contributed by atoms with Gasteiger partial charge in [0.2, 0.25) is 0 Å². The van der Waals surface area contributed by atoms with Gasteiger partial charge in [-0.05, 0) is 30.7 Å². The molecule has 1 heterocycles. The van der Waals surface area contributed by atoms with Crippen LogP contribution in [0.15, 0.2) is 30.5 Å². The van der Waals surface area contributed by atoms with Crippen LogP contribution in [0.3, 0.4) is 0 Å². The molecule has 0 radical (unpaired) electrons. The van der Waals surface area contributed by atoms with E-state index in [4.69, 9.17) is 0 Å². The summed E-state index contributed by atoms with van der Waals surface area (Å²) in [5.41, 5.74) is 1.44. The van der Waals surface area contributed by atoms with Crippen LogP contribution >= 0.6 is 0 Å². The summed E-state index contributed by atoms with van der Waals surface area (Å²) >= 11 is 0. The second-order valence-electron chi connectivity index (χ2n) is 5.96. The summed E-state index contributed by atoms with van der Waals surface area (Å²) in [7, 11) is 0. The van der Waals surface area contributed by atoms with Gasteiger partial charge in [-0.1, -0.05) is 31.5 Å². The second kappa shape index (κ2) is 5.68. The molecule has 1 fully saturated rings. The van der Waals surface area contributed by atoms with Crippen LogP contribution in [0.25, 0.3) is 10.9 Å². The molecule has 110 valence electrons. The van der Waals surface area contributed by atoms with Crippen molar-refractivity contribution in [3.63, 3.8) is 0 Å². The topological polar surface area (TPSA) is 68.1 Å². The predicted molar refractivity (Wildman–Crippen MR) is 83.4 cm³/mol. The molecular formula is C16H19N3O2. The van der Waals surface area contributed by atoms with Crippen molar-refractivity contribution in [1.82, 2.24) is 4.98 Å². The minimum Gasteiger partial charge on any atom is -0.379 e. The lowest BCUT2D eigenvalue weighted by Crippen LogP contribution is -2.13. The molecule has 5 heteroatoms. The number of para-hydroxylation sites is 1. The van der Waals surface area contributed by atoms with E-state index in [2.05, 4.69) is 17.2 Å². The number of benzene rings is 1. The molecule has 1 aromatic heterocycles. The lowest BCUT2D eigenvalue weighted by Gasteiger charge is -2.14. The molecule has 0 saturated heterocycles. The van der Waals surface area contributed by atoms with Crippen LogP contribution in [0.1, 0.15) is 26.2 Å². The van der Waals surface area contributed by atoms with Crippen LogP contribution in [-0.2, 0) is 0 Å². The highest BCUT2D eigenvalue weighted by Gasteiger charge is 2.23. The number of nitrogens with zero attached hydrogens (tertiary/aromatic N) is 2. The first-order valence-corrected chi connectivity index (χ1v) is 7.41. The van der Waals surface area contributed by atoms with Crippen molar-refractivity contribution in [2.75, 3.05) is 11.9 Å². The fraction of sp³-hybridized carbons (Fsp3) is 0.438. The number of pyridine rings is 1. The molecule has 21 heavy (non-hydrogen) atoms. The summed E-state index contributed by atoms with van der Waals surface area (Å²) in [6.45, 7) is 3.06. The lowest BCUT2D eigenvalue weighted by molar-refractivity contribution is -0.384. The van der Waals surface area contributed by atoms with E-state index >= 15 is 0 Å². The molecule has 1 aliphatic rings. The summed E-state index contributed by atoms with van der Waals surface area (Å²) < 4.78 is 0. The zero-order valence-corrected chi connectivity index (χ0v) is 12.1. The van der Waals surface area contributed by atoms with Crippen molar-refractivity contribution < 1.29 is 4.92 Å². The predicted octanol–water partition coefficient (Wildman–Crippen LogP) is 3.99. The van der Waals surface area contributed by atoms with Gasteiger partial charge < -0.3 is 5.32 Å². The van der Waals surface area contributed by atoms with Crippen molar-refractivity contribution in [1.29, 1.82) is 0 Å². The quantitative estimate of drug-likeness (QED) is 0.681. The molecule has 1 N–H and O–H groups in total. The summed E-state index contributed by atoms with van der Waals surface area (Å²) in [6, 6.07) is 7.54. The average molecular weight is 285 g/mol. The van der Waals surface area contributed by atoms with E-state index in [1.165, 1.54) is 25.5 Å². The van der Waals surface area contributed by atoms with E-state index < -0.39 is 0 Å². The molecule has 0 spiro atoms. The van der Waals surface area contributed by atoms with Gasteiger partial charge in [-0.25, -0.2) is 4.98 Å². The van der Waals surface area contributed by atoms with Gasteiger partial charge in [0.25, 0.3) is 0 Å². The van der Waals surface area contributed by atoms with Crippen molar-refractivity contribution in [2.45, 2.75) is 26.2 Å². The average Bonchev–Trinajstić information content (AvgIpc) is 2.90. The van der Waals surface area contributed by atoms with E-state index in [-0.39, 0.29) is 10.6 Å². The van der Waals surface area contributed by atoms with Crippen LogP contribution in [-0.4, -0.2) is 16.5 Å². The number of nitro groups is 1. The Kier molecular flexibility index (Phi) is 3.73. The molecule has 2 aromatic rings. The maximum Gasteiger partial charge on any atom is 0.311 e. The van der Waals surface area contributed by atoms with Gasteiger partial charge in [0.05, 0.1) is 10.4 Å². The molecule has 1 saturated carbocycles. The van der Waals surface area contributed by atoms with Crippen LogP contribution in [0, 0.1) is 22.0 Å².